The summed E-state index contributed by atoms with van der Waals surface area (Å²) in [6.07, 6.45) is 3.47. The molecule has 0 atom stereocenters. The van der Waals surface area contributed by atoms with Gasteiger partial charge in [0.1, 0.15) is 5.82 Å². The second-order valence-electron chi connectivity index (χ2n) is 5.25. The molecule has 2 N–H and O–H groups in total. The van der Waals surface area contributed by atoms with Crippen LogP contribution in [-0.4, -0.2) is 22.6 Å². The fourth-order valence-corrected chi connectivity index (χ4v) is 2.14. The quantitative estimate of drug-likeness (QED) is 0.724. The van der Waals surface area contributed by atoms with Crippen molar-refractivity contribution >= 4 is 23.3 Å². The first-order valence-corrected chi connectivity index (χ1v) is 8.17. The van der Waals surface area contributed by atoms with Gasteiger partial charge < -0.3 is 10.6 Å². The Bertz CT molecular complexity index is 613. The van der Waals surface area contributed by atoms with E-state index in [2.05, 4.69) is 27.8 Å². The zero-order valence-corrected chi connectivity index (χ0v) is 13.9. The van der Waals surface area contributed by atoms with E-state index in [-0.39, 0.29) is 5.91 Å². The highest BCUT2D eigenvalue weighted by Crippen LogP contribution is 2.09. The van der Waals surface area contributed by atoms with E-state index in [0.717, 1.165) is 18.5 Å². The molecular formula is C17H21ClN4O. The van der Waals surface area contributed by atoms with Crippen LogP contribution in [0.25, 0.3) is 0 Å². The Kier molecular flexibility index (Phi) is 6.81. The minimum atomic E-state index is -0.245. The van der Waals surface area contributed by atoms with Crippen LogP contribution >= 0.6 is 11.6 Å². The predicted molar refractivity (Wildman–Crippen MR) is 92.7 cm³/mol. The molecule has 0 saturated carbocycles. The molecule has 5 nitrogen and oxygen atoms in total. The zero-order valence-electron chi connectivity index (χ0n) is 13.2. The maximum atomic E-state index is 12.0. The molecule has 1 heterocycles. The van der Waals surface area contributed by atoms with E-state index in [0.29, 0.717) is 23.1 Å². The molecule has 0 radical (unpaired) electrons. The summed E-state index contributed by atoms with van der Waals surface area (Å²) < 4.78 is 0. The van der Waals surface area contributed by atoms with E-state index in [1.165, 1.54) is 12.8 Å². The zero-order chi connectivity index (χ0) is 16.5. The average Bonchev–Trinajstić information content (AvgIpc) is 2.58. The first-order valence-electron chi connectivity index (χ1n) is 7.79. The number of aromatic nitrogens is 2. The van der Waals surface area contributed by atoms with Crippen molar-refractivity contribution in [3.63, 3.8) is 0 Å². The second-order valence-corrected chi connectivity index (χ2v) is 5.68. The molecule has 1 amide bonds. The van der Waals surface area contributed by atoms with Gasteiger partial charge in [-0.1, -0.05) is 43.5 Å². The number of halogens is 1. The molecule has 0 fully saturated rings. The van der Waals surface area contributed by atoms with Gasteiger partial charge in [-0.2, -0.15) is 0 Å². The van der Waals surface area contributed by atoms with Gasteiger partial charge in [0, 0.05) is 18.1 Å². The van der Waals surface area contributed by atoms with Crippen LogP contribution in [0.1, 0.15) is 42.2 Å². The van der Waals surface area contributed by atoms with Crippen molar-refractivity contribution in [2.45, 2.75) is 32.7 Å². The lowest BCUT2D eigenvalue weighted by Crippen LogP contribution is -2.24. The SMILES string of the molecule is CCCCCNc1ccc(C(=O)NCc2ccc(Cl)cc2)nn1. The largest absolute Gasteiger partial charge is 0.369 e. The summed E-state index contributed by atoms with van der Waals surface area (Å²) in [5, 5.41) is 14.7. The van der Waals surface area contributed by atoms with Crippen LogP contribution in [0, 0.1) is 0 Å². The topological polar surface area (TPSA) is 66.9 Å². The van der Waals surface area contributed by atoms with Gasteiger partial charge in [0.15, 0.2) is 5.69 Å². The maximum Gasteiger partial charge on any atom is 0.272 e. The molecule has 0 aliphatic rings. The number of amides is 1. The minimum Gasteiger partial charge on any atom is -0.369 e. The first kappa shape index (κ1) is 17.2. The Morgan fingerprint density at radius 1 is 1.09 bits per heavy atom. The Morgan fingerprint density at radius 2 is 1.87 bits per heavy atom. The molecule has 2 aromatic rings. The number of anilines is 1. The van der Waals surface area contributed by atoms with Gasteiger partial charge in [-0.3, -0.25) is 4.79 Å². The lowest BCUT2D eigenvalue weighted by molar-refractivity contribution is 0.0945. The molecule has 1 aromatic heterocycles. The smallest absolute Gasteiger partial charge is 0.272 e. The summed E-state index contributed by atoms with van der Waals surface area (Å²) in [5.41, 5.74) is 1.28. The van der Waals surface area contributed by atoms with Gasteiger partial charge in [0.25, 0.3) is 5.91 Å². The molecule has 0 saturated heterocycles. The van der Waals surface area contributed by atoms with Crippen LogP contribution < -0.4 is 10.6 Å². The van der Waals surface area contributed by atoms with Crippen LogP contribution in [0.15, 0.2) is 36.4 Å². The monoisotopic (exact) mass is 332 g/mol. The summed E-state index contributed by atoms with van der Waals surface area (Å²) in [7, 11) is 0. The summed E-state index contributed by atoms with van der Waals surface area (Å²) in [4.78, 5) is 12.0. The van der Waals surface area contributed by atoms with Crippen molar-refractivity contribution in [3.8, 4) is 0 Å². The Hall–Kier alpha value is -2.14. The highest BCUT2D eigenvalue weighted by Gasteiger charge is 2.07. The number of hydrogen-bond acceptors (Lipinski definition) is 4. The molecule has 0 spiro atoms. The van der Waals surface area contributed by atoms with Crippen LogP contribution in [-0.2, 0) is 6.54 Å². The number of nitrogens with one attached hydrogen (secondary N) is 2. The summed E-state index contributed by atoms with van der Waals surface area (Å²) in [5.74, 6) is 0.445. The van der Waals surface area contributed by atoms with E-state index < -0.39 is 0 Å². The summed E-state index contributed by atoms with van der Waals surface area (Å²) in [6, 6.07) is 10.8. The first-order chi connectivity index (χ1) is 11.2. The van der Waals surface area contributed by atoms with Gasteiger partial charge in [-0.05, 0) is 36.2 Å². The summed E-state index contributed by atoms with van der Waals surface area (Å²) in [6.45, 7) is 3.45. The Balaban J connectivity index is 1.81. The number of hydrogen-bond donors (Lipinski definition) is 2. The molecule has 23 heavy (non-hydrogen) atoms. The second kappa shape index (κ2) is 9.10. The molecule has 6 heteroatoms. The highest BCUT2D eigenvalue weighted by molar-refractivity contribution is 6.30. The molecule has 0 aliphatic heterocycles. The molecule has 0 unspecified atom stereocenters. The lowest BCUT2D eigenvalue weighted by Gasteiger charge is -2.06. The van der Waals surface area contributed by atoms with Gasteiger partial charge >= 0.3 is 0 Å². The fraction of sp³-hybridized carbons (Fsp3) is 0.353. The predicted octanol–water partition coefficient (Wildman–Crippen LogP) is 3.66. The van der Waals surface area contributed by atoms with Crippen molar-refractivity contribution in [2.24, 2.45) is 0 Å². The van der Waals surface area contributed by atoms with Gasteiger partial charge in [-0.25, -0.2) is 0 Å². The van der Waals surface area contributed by atoms with Crippen molar-refractivity contribution < 1.29 is 4.79 Å². The fourth-order valence-electron chi connectivity index (χ4n) is 2.01. The van der Waals surface area contributed by atoms with Crippen molar-refractivity contribution in [3.05, 3.63) is 52.7 Å². The minimum absolute atomic E-state index is 0.245. The van der Waals surface area contributed by atoms with E-state index in [1.54, 1.807) is 24.3 Å². The third-order valence-electron chi connectivity index (χ3n) is 3.35. The summed E-state index contributed by atoms with van der Waals surface area (Å²) >= 11 is 5.83. The van der Waals surface area contributed by atoms with Gasteiger partial charge in [0.2, 0.25) is 0 Å². The Morgan fingerprint density at radius 3 is 2.52 bits per heavy atom. The Labute approximate surface area is 141 Å². The third-order valence-corrected chi connectivity index (χ3v) is 3.60. The van der Waals surface area contributed by atoms with E-state index in [9.17, 15) is 4.79 Å². The van der Waals surface area contributed by atoms with Crippen LogP contribution in [0.2, 0.25) is 5.02 Å². The molecule has 0 bridgehead atoms. The number of benzene rings is 1. The normalized spacial score (nSPS) is 10.3. The number of unbranched alkanes of at least 4 members (excludes halogenated alkanes) is 2. The molecule has 1 aromatic carbocycles. The van der Waals surface area contributed by atoms with Crippen molar-refractivity contribution in [2.75, 3.05) is 11.9 Å². The number of carbonyl (C=O) groups excluding carboxylic acids is 1. The van der Waals surface area contributed by atoms with E-state index in [4.69, 9.17) is 11.6 Å². The lowest BCUT2D eigenvalue weighted by atomic mass is 10.2. The van der Waals surface area contributed by atoms with Crippen LogP contribution in [0.4, 0.5) is 5.82 Å². The van der Waals surface area contributed by atoms with Crippen molar-refractivity contribution in [1.82, 2.24) is 15.5 Å². The molecular weight excluding hydrogens is 312 g/mol. The number of nitrogens with zero attached hydrogens (tertiary/aromatic N) is 2. The average molecular weight is 333 g/mol. The van der Waals surface area contributed by atoms with E-state index >= 15 is 0 Å². The van der Waals surface area contributed by atoms with Crippen molar-refractivity contribution in [1.29, 1.82) is 0 Å². The van der Waals surface area contributed by atoms with Gasteiger partial charge in [-0.15, -0.1) is 10.2 Å². The molecule has 2 rings (SSSR count). The standard InChI is InChI=1S/C17H21ClN4O/c1-2-3-4-11-19-16-10-9-15(21-22-16)17(23)20-12-13-5-7-14(18)8-6-13/h5-10H,2-4,11-12H2,1H3,(H,19,22)(H,20,23). The number of carbonyl (C=O) groups is 1. The van der Waals surface area contributed by atoms with E-state index in [1.807, 2.05) is 12.1 Å². The third kappa shape index (κ3) is 5.87. The van der Waals surface area contributed by atoms with Crippen LogP contribution in [0.3, 0.4) is 0 Å². The highest BCUT2D eigenvalue weighted by atomic mass is 35.5. The number of rotatable bonds is 8. The molecule has 122 valence electrons. The maximum absolute atomic E-state index is 12.0. The van der Waals surface area contributed by atoms with Gasteiger partial charge in [0.05, 0.1) is 0 Å². The molecule has 0 aliphatic carbocycles. The van der Waals surface area contributed by atoms with Crippen LogP contribution in [0.5, 0.6) is 0 Å².